The number of hydrogen-bond acceptors (Lipinski definition) is 4. The molecule has 0 bridgehead atoms. The number of amides is 1. The van der Waals surface area contributed by atoms with Gasteiger partial charge in [0.25, 0.3) is 5.91 Å². The van der Waals surface area contributed by atoms with Gasteiger partial charge in [0.15, 0.2) is 0 Å². The number of imidazole rings is 1. The third-order valence-electron chi connectivity index (χ3n) is 3.92. The zero-order valence-electron chi connectivity index (χ0n) is 13.4. The van der Waals surface area contributed by atoms with E-state index in [9.17, 15) is 13.2 Å². The van der Waals surface area contributed by atoms with E-state index < -0.39 is 10.0 Å². The van der Waals surface area contributed by atoms with Crippen LogP contribution >= 0.6 is 0 Å². The van der Waals surface area contributed by atoms with E-state index in [1.54, 1.807) is 36.8 Å². The van der Waals surface area contributed by atoms with Gasteiger partial charge in [-0.1, -0.05) is 6.07 Å². The van der Waals surface area contributed by atoms with Gasteiger partial charge in [-0.15, -0.1) is 0 Å². The molecule has 1 atom stereocenters. The van der Waals surface area contributed by atoms with Gasteiger partial charge in [-0.05, 0) is 31.5 Å². The van der Waals surface area contributed by atoms with Crippen molar-refractivity contribution in [1.82, 2.24) is 14.9 Å². The van der Waals surface area contributed by atoms with Gasteiger partial charge in [-0.25, -0.2) is 13.4 Å². The molecule has 3 rings (SSSR count). The van der Waals surface area contributed by atoms with Crippen LogP contribution in [0.1, 0.15) is 23.7 Å². The van der Waals surface area contributed by atoms with Crippen LogP contribution in [0.25, 0.3) is 0 Å². The van der Waals surface area contributed by atoms with E-state index >= 15 is 0 Å². The highest BCUT2D eigenvalue weighted by Crippen LogP contribution is 2.24. The number of rotatable bonds is 5. The van der Waals surface area contributed by atoms with Crippen LogP contribution in [-0.2, 0) is 16.6 Å². The van der Waals surface area contributed by atoms with E-state index in [0.29, 0.717) is 30.8 Å². The molecular formula is C16H20N4O3S. The summed E-state index contributed by atoms with van der Waals surface area (Å²) in [5.74, 6) is -0.0631. The molecule has 0 unspecified atom stereocenters. The van der Waals surface area contributed by atoms with Crippen molar-refractivity contribution in [3.05, 3.63) is 48.5 Å². The fraction of sp³-hybridized carbons (Fsp3) is 0.375. The fourth-order valence-corrected chi connectivity index (χ4v) is 4.35. The smallest absolute Gasteiger partial charge is 0.251 e. The third-order valence-corrected chi connectivity index (χ3v) is 5.79. The number of anilines is 1. The molecule has 1 saturated heterocycles. The topological polar surface area (TPSA) is 84.3 Å². The molecular weight excluding hydrogens is 328 g/mol. The van der Waals surface area contributed by atoms with E-state index in [1.165, 1.54) is 4.31 Å². The Bertz CT molecular complexity index is 818. The first kappa shape index (κ1) is 16.5. The maximum atomic E-state index is 12.4. The molecule has 0 radical (unpaired) electrons. The van der Waals surface area contributed by atoms with E-state index in [1.807, 2.05) is 17.7 Å². The van der Waals surface area contributed by atoms with Gasteiger partial charge in [-0.3, -0.25) is 9.10 Å². The van der Waals surface area contributed by atoms with E-state index in [0.717, 1.165) is 0 Å². The van der Waals surface area contributed by atoms with Crippen molar-refractivity contribution in [2.24, 2.45) is 0 Å². The monoisotopic (exact) mass is 348 g/mol. The number of benzene rings is 1. The largest absolute Gasteiger partial charge is 0.348 e. The summed E-state index contributed by atoms with van der Waals surface area (Å²) in [5.41, 5.74) is 0.995. The van der Waals surface area contributed by atoms with Crippen molar-refractivity contribution < 1.29 is 13.2 Å². The van der Waals surface area contributed by atoms with Crippen molar-refractivity contribution in [2.75, 3.05) is 16.6 Å². The molecule has 1 aliphatic rings. The van der Waals surface area contributed by atoms with Gasteiger partial charge in [0.2, 0.25) is 10.0 Å². The molecule has 24 heavy (non-hydrogen) atoms. The molecule has 1 fully saturated rings. The highest BCUT2D eigenvalue weighted by atomic mass is 32.2. The van der Waals surface area contributed by atoms with Crippen LogP contribution in [0.2, 0.25) is 0 Å². The minimum Gasteiger partial charge on any atom is -0.348 e. The number of carbonyl (C=O) groups excluding carboxylic acids is 1. The molecule has 1 aliphatic heterocycles. The molecule has 0 saturated carbocycles. The summed E-state index contributed by atoms with van der Waals surface area (Å²) >= 11 is 0. The summed E-state index contributed by atoms with van der Waals surface area (Å²) in [6, 6.07) is 6.66. The Balaban J connectivity index is 1.70. The molecule has 1 aromatic carbocycles. The highest BCUT2D eigenvalue weighted by Gasteiger charge is 2.28. The quantitative estimate of drug-likeness (QED) is 0.881. The zero-order chi connectivity index (χ0) is 17.2. The van der Waals surface area contributed by atoms with Crippen LogP contribution in [0.4, 0.5) is 5.69 Å². The Kier molecular flexibility index (Phi) is 4.57. The molecule has 1 amide bonds. The molecule has 1 aromatic heterocycles. The van der Waals surface area contributed by atoms with Crippen LogP contribution < -0.4 is 9.62 Å². The molecule has 2 heterocycles. The number of nitrogens with one attached hydrogen (secondary N) is 1. The van der Waals surface area contributed by atoms with Crippen molar-refractivity contribution in [3.8, 4) is 0 Å². The summed E-state index contributed by atoms with van der Waals surface area (Å²) in [6.07, 6.45) is 5.83. The van der Waals surface area contributed by atoms with Crippen molar-refractivity contribution in [1.29, 1.82) is 0 Å². The Morgan fingerprint density at radius 2 is 2.25 bits per heavy atom. The van der Waals surface area contributed by atoms with Crippen LogP contribution in [0.15, 0.2) is 43.0 Å². The minimum absolute atomic E-state index is 0.0779. The first-order chi connectivity index (χ1) is 11.5. The lowest BCUT2D eigenvalue weighted by atomic mass is 10.1. The van der Waals surface area contributed by atoms with Crippen LogP contribution in [-0.4, -0.2) is 42.2 Å². The molecule has 128 valence electrons. The molecule has 1 N–H and O–H groups in total. The van der Waals surface area contributed by atoms with Crippen molar-refractivity contribution in [3.63, 3.8) is 0 Å². The van der Waals surface area contributed by atoms with Crippen LogP contribution in [0.3, 0.4) is 0 Å². The van der Waals surface area contributed by atoms with Crippen LogP contribution in [0, 0.1) is 0 Å². The summed E-state index contributed by atoms with van der Waals surface area (Å²) in [6.45, 7) is 2.99. The van der Waals surface area contributed by atoms with E-state index in [4.69, 9.17) is 0 Å². The Morgan fingerprint density at radius 3 is 2.92 bits per heavy atom. The van der Waals surface area contributed by atoms with Crippen molar-refractivity contribution in [2.45, 2.75) is 25.9 Å². The number of sulfonamides is 1. The highest BCUT2D eigenvalue weighted by molar-refractivity contribution is 7.93. The van der Waals surface area contributed by atoms with Gasteiger partial charge < -0.3 is 9.88 Å². The second-order valence-corrected chi connectivity index (χ2v) is 7.94. The number of carbonyl (C=O) groups is 1. The normalized spacial score (nSPS) is 17.6. The van der Waals surface area contributed by atoms with Crippen molar-refractivity contribution >= 4 is 21.6 Å². The van der Waals surface area contributed by atoms with E-state index in [-0.39, 0.29) is 17.7 Å². The van der Waals surface area contributed by atoms with Gasteiger partial charge in [0.1, 0.15) is 0 Å². The predicted octanol–water partition coefficient (Wildman–Crippen LogP) is 1.24. The second kappa shape index (κ2) is 6.64. The SMILES string of the molecule is C[C@H](Cn1ccnc1)NC(=O)c1cccc(N2CCCS2(=O)=O)c1. The Labute approximate surface area is 141 Å². The second-order valence-electron chi connectivity index (χ2n) is 5.93. The average molecular weight is 348 g/mol. The fourth-order valence-electron chi connectivity index (χ4n) is 2.80. The van der Waals surface area contributed by atoms with Crippen LogP contribution in [0.5, 0.6) is 0 Å². The lowest BCUT2D eigenvalue weighted by Crippen LogP contribution is -2.35. The minimum atomic E-state index is -3.25. The van der Waals surface area contributed by atoms with Gasteiger partial charge >= 0.3 is 0 Å². The summed E-state index contributed by atoms with van der Waals surface area (Å²) < 4.78 is 27.3. The number of hydrogen-bond donors (Lipinski definition) is 1. The lowest BCUT2D eigenvalue weighted by molar-refractivity contribution is 0.0936. The maximum Gasteiger partial charge on any atom is 0.251 e. The zero-order valence-corrected chi connectivity index (χ0v) is 14.2. The molecule has 0 spiro atoms. The summed E-state index contributed by atoms with van der Waals surface area (Å²) in [7, 11) is -3.25. The number of aromatic nitrogens is 2. The first-order valence-corrected chi connectivity index (χ1v) is 9.44. The Hall–Kier alpha value is -2.35. The third kappa shape index (κ3) is 3.59. The van der Waals surface area contributed by atoms with Gasteiger partial charge in [0.05, 0.1) is 17.8 Å². The van der Waals surface area contributed by atoms with E-state index in [2.05, 4.69) is 10.3 Å². The average Bonchev–Trinajstić information content (AvgIpc) is 3.16. The summed E-state index contributed by atoms with van der Waals surface area (Å²) in [5, 5.41) is 2.92. The van der Waals surface area contributed by atoms with Gasteiger partial charge in [-0.2, -0.15) is 0 Å². The molecule has 0 aliphatic carbocycles. The maximum absolute atomic E-state index is 12.4. The molecule has 2 aromatic rings. The summed E-state index contributed by atoms with van der Waals surface area (Å²) in [4.78, 5) is 16.4. The standard InChI is InChI=1S/C16H20N4O3S/c1-13(11-19-8-6-17-12-19)18-16(21)14-4-2-5-15(10-14)20-7-3-9-24(20,22)23/h2,4-6,8,10,12-13H,3,7,9,11H2,1H3,(H,18,21)/t13-/m1/s1. The number of nitrogens with zero attached hydrogens (tertiary/aromatic N) is 3. The predicted molar refractivity (Wildman–Crippen MR) is 91.3 cm³/mol. The lowest BCUT2D eigenvalue weighted by Gasteiger charge is -2.18. The molecule has 7 nitrogen and oxygen atoms in total. The van der Waals surface area contributed by atoms with Gasteiger partial charge in [0, 0.05) is 37.1 Å². The Morgan fingerprint density at radius 1 is 1.42 bits per heavy atom. The first-order valence-electron chi connectivity index (χ1n) is 7.83. The molecule has 8 heteroatoms.